The number of benzene rings is 1. The number of carbonyl (C=O) groups is 2. The quantitative estimate of drug-likeness (QED) is 0.620. The zero-order chi connectivity index (χ0) is 15.7. The number of carbonyl (C=O) groups excluding carboxylic acids is 2. The fourth-order valence-corrected chi connectivity index (χ4v) is 3.22. The molecule has 0 N–H and O–H groups in total. The van der Waals surface area contributed by atoms with Crippen molar-refractivity contribution in [2.24, 2.45) is 0 Å². The third kappa shape index (κ3) is 2.93. The molecule has 1 aromatic rings. The van der Waals surface area contributed by atoms with Crippen LogP contribution >= 0.6 is 0 Å². The van der Waals surface area contributed by atoms with E-state index in [0.717, 1.165) is 30.6 Å². The van der Waals surface area contributed by atoms with E-state index < -0.39 is 0 Å². The van der Waals surface area contributed by atoms with Crippen molar-refractivity contribution < 1.29 is 14.3 Å². The summed E-state index contributed by atoms with van der Waals surface area (Å²) in [5, 5.41) is 0. The smallest absolute Gasteiger partial charge is 0.331 e. The van der Waals surface area contributed by atoms with Crippen LogP contribution in [-0.4, -0.2) is 42.5 Å². The topological polar surface area (TPSA) is 49.9 Å². The highest BCUT2D eigenvalue weighted by Crippen LogP contribution is 2.32. The van der Waals surface area contributed by atoms with Crippen LogP contribution in [-0.2, 0) is 9.59 Å². The average molecular weight is 302 g/mol. The normalized spacial score (nSPS) is 21.4. The van der Waals surface area contributed by atoms with Crippen LogP contribution in [0.5, 0.6) is 5.75 Å². The molecule has 2 heterocycles. The summed E-state index contributed by atoms with van der Waals surface area (Å²) in [5.74, 6) is 0.335. The van der Waals surface area contributed by atoms with Gasteiger partial charge >= 0.3 is 5.97 Å². The molecule has 1 amide bonds. The maximum atomic E-state index is 12.6. The molecule has 1 fully saturated rings. The summed E-state index contributed by atoms with van der Waals surface area (Å²) in [5.41, 5.74) is 1.85. The number of esters is 1. The van der Waals surface area contributed by atoms with Crippen LogP contribution in [0, 0.1) is 6.92 Å². The van der Waals surface area contributed by atoms with E-state index in [1.807, 2.05) is 34.9 Å². The fourth-order valence-electron chi connectivity index (χ4n) is 3.22. The van der Waals surface area contributed by atoms with Crippen molar-refractivity contribution in [3.8, 4) is 5.75 Å². The Bertz CT molecular complexity index is 600. The van der Waals surface area contributed by atoms with Crippen LogP contribution < -0.4 is 9.64 Å². The second-order valence-electron chi connectivity index (χ2n) is 6.23. The van der Waals surface area contributed by atoms with Gasteiger partial charge in [0.1, 0.15) is 6.54 Å². The van der Waals surface area contributed by atoms with Crippen LogP contribution in [0.25, 0.3) is 0 Å². The summed E-state index contributed by atoms with van der Waals surface area (Å²) in [4.78, 5) is 28.1. The van der Waals surface area contributed by atoms with Crippen LogP contribution in [0.4, 0.5) is 5.69 Å². The molecule has 5 heteroatoms. The van der Waals surface area contributed by atoms with Gasteiger partial charge in [-0.3, -0.25) is 4.79 Å². The highest BCUT2D eigenvalue weighted by atomic mass is 16.5. The van der Waals surface area contributed by atoms with Gasteiger partial charge in [0.2, 0.25) is 5.91 Å². The third-order valence-corrected chi connectivity index (χ3v) is 4.45. The van der Waals surface area contributed by atoms with Gasteiger partial charge in [-0.25, -0.2) is 4.79 Å². The lowest BCUT2D eigenvalue weighted by Gasteiger charge is -2.36. The number of aryl methyl sites for hydroxylation is 1. The van der Waals surface area contributed by atoms with Gasteiger partial charge in [-0.05, 0) is 50.8 Å². The molecular formula is C17H22N2O3. The SMILES string of the molecule is Cc1ccc2c(c1)OC(=O)CN2CC(=O)N1CCCCC1C. The van der Waals surface area contributed by atoms with E-state index in [9.17, 15) is 9.59 Å². The summed E-state index contributed by atoms with van der Waals surface area (Å²) in [6.07, 6.45) is 3.31. The number of anilines is 1. The fraction of sp³-hybridized carbons (Fsp3) is 0.529. The van der Waals surface area contributed by atoms with E-state index in [0.29, 0.717) is 5.75 Å². The predicted molar refractivity (Wildman–Crippen MR) is 84.1 cm³/mol. The Hall–Kier alpha value is -2.04. The average Bonchev–Trinajstić information content (AvgIpc) is 2.46. The second kappa shape index (κ2) is 5.99. The molecule has 0 spiro atoms. The maximum absolute atomic E-state index is 12.6. The summed E-state index contributed by atoms with van der Waals surface area (Å²) in [7, 11) is 0. The summed E-state index contributed by atoms with van der Waals surface area (Å²) >= 11 is 0. The van der Waals surface area contributed by atoms with Crippen LogP contribution in [0.1, 0.15) is 31.7 Å². The Balaban J connectivity index is 1.78. The maximum Gasteiger partial charge on any atom is 0.331 e. The van der Waals surface area contributed by atoms with Crippen molar-refractivity contribution in [3.63, 3.8) is 0 Å². The Kier molecular flexibility index (Phi) is 4.05. The van der Waals surface area contributed by atoms with E-state index in [1.165, 1.54) is 6.42 Å². The summed E-state index contributed by atoms with van der Waals surface area (Å²) in [6, 6.07) is 6.02. The number of amides is 1. The van der Waals surface area contributed by atoms with Crippen molar-refractivity contribution >= 4 is 17.6 Å². The Morgan fingerprint density at radius 1 is 1.36 bits per heavy atom. The van der Waals surface area contributed by atoms with Crippen LogP contribution in [0.2, 0.25) is 0 Å². The zero-order valence-electron chi connectivity index (χ0n) is 13.2. The highest BCUT2D eigenvalue weighted by Gasteiger charge is 2.29. The van der Waals surface area contributed by atoms with Gasteiger partial charge in [-0.1, -0.05) is 6.07 Å². The molecule has 118 valence electrons. The molecule has 22 heavy (non-hydrogen) atoms. The molecule has 1 unspecified atom stereocenters. The summed E-state index contributed by atoms with van der Waals surface area (Å²) < 4.78 is 5.29. The minimum absolute atomic E-state index is 0.0911. The van der Waals surface area contributed by atoms with Crippen LogP contribution in [0.15, 0.2) is 18.2 Å². The molecule has 0 aliphatic carbocycles. The molecule has 0 radical (unpaired) electrons. The number of likely N-dealkylation sites (tertiary alicyclic amines) is 1. The van der Waals surface area contributed by atoms with E-state index in [4.69, 9.17) is 4.74 Å². The van der Waals surface area contributed by atoms with Gasteiger partial charge in [0.05, 0.1) is 12.2 Å². The molecular weight excluding hydrogens is 280 g/mol. The van der Waals surface area contributed by atoms with Crippen molar-refractivity contribution in [2.75, 3.05) is 24.5 Å². The molecule has 2 aliphatic heterocycles. The highest BCUT2D eigenvalue weighted by molar-refractivity contribution is 5.89. The predicted octanol–water partition coefficient (Wildman–Crippen LogP) is 2.12. The van der Waals surface area contributed by atoms with Crippen LogP contribution in [0.3, 0.4) is 0 Å². The van der Waals surface area contributed by atoms with Gasteiger partial charge in [0, 0.05) is 12.6 Å². The van der Waals surface area contributed by atoms with E-state index in [1.54, 1.807) is 0 Å². The van der Waals surface area contributed by atoms with Crippen molar-refractivity contribution in [2.45, 2.75) is 39.2 Å². The molecule has 3 rings (SSSR count). The number of hydrogen-bond donors (Lipinski definition) is 0. The van der Waals surface area contributed by atoms with E-state index in [-0.39, 0.29) is 31.0 Å². The van der Waals surface area contributed by atoms with Gasteiger partial charge < -0.3 is 14.5 Å². The first-order valence-electron chi connectivity index (χ1n) is 7.90. The second-order valence-corrected chi connectivity index (χ2v) is 6.23. The van der Waals surface area contributed by atoms with E-state index in [2.05, 4.69) is 6.92 Å². The lowest BCUT2D eigenvalue weighted by atomic mass is 10.0. The lowest BCUT2D eigenvalue weighted by Crippen LogP contribution is -2.49. The molecule has 0 bridgehead atoms. The molecule has 0 saturated carbocycles. The summed E-state index contributed by atoms with van der Waals surface area (Å²) in [6.45, 7) is 5.23. The first-order valence-corrected chi connectivity index (χ1v) is 7.90. The Labute approximate surface area is 130 Å². The first-order chi connectivity index (χ1) is 10.5. The van der Waals surface area contributed by atoms with Crippen molar-refractivity contribution in [1.29, 1.82) is 0 Å². The van der Waals surface area contributed by atoms with Gasteiger partial charge in [-0.15, -0.1) is 0 Å². The molecule has 1 saturated heterocycles. The molecule has 5 nitrogen and oxygen atoms in total. The number of fused-ring (bicyclic) bond motifs is 1. The van der Waals surface area contributed by atoms with E-state index >= 15 is 0 Å². The molecule has 1 atom stereocenters. The van der Waals surface area contributed by atoms with Crippen molar-refractivity contribution in [1.82, 2.24) is 4.90 Å². The van der Waals surface area contributed by atoms with Gasteiger partial charge in [0.25, 0.3) is 0 Å². The standard InChI is InChI=1S/C17H22N2O3/c1-12-6-7-14-15(9-12)22-17(21)11-18(14)10-16(20)19-8-4-3-5-13(19)2/h6-7,9,13H,3-5,8,10-11H2,1-2H3. The Morgan fingerprint density at radius 2 is 2.18 bits per heavy atom. The van der Waals surface area contributed by atoms with Gasteiger partial charge in [-0.2, -0.15) is 0 Å². The number of piperidine rings is 1. The zero-order valence-corrected chi connectivity index (χ0v) is 13.2. The van der Waals surface area contributed by atoms with Gasteiger partial charge in [0.15, 0.2) is 5.75 Å². The van der Waals surface area contributed by atoms with Crippen molar-refractivity contribution in [3.05, 3.63) is 23.8 Å². The largest absolute Gasteiger partial charge is 0.423 e. The molecule has 2 aliphatic rings. The Morgan fingerprint density at radius 3 is 2.95 bits per heavy atom. The lowest BCUT2D eigenvalue weighted by molar-refractivity contribution is -0.134. The molecule has 1 aromatic carbocycles. The number of hydrogen-bond acceptors (Lipinski definition) is 4. The number of nitrogens with zero attached hydrogens (tertiary/aromatic N) is 2. The number of ether oxygens (including phenoxy) is 1. The first kappa shape index (κ1) is 14.9. The number of rotatable bonds is 2. The minimum Gasteiger partial charge on any atom is -0.423 e. The molecule has 0 aromatic heterocycles. The third-order valence-electron chi connectivity index (χ3n) is 4.45. The monoisotopic (exact) mass is 302 g/mol. The minimum atomic E-state index is -0.308.